The molecule has 5 heteroatoms. The zero-order valence-electron chi connectivity index (χ0n) is 16.5. The van der Waals surface area contributed by atoms with Crippen LogP contribution in [0.5, 0.6) is 0 Å². The third-order valence-electron chi connectivity index (χ3n) is 5.97. The van der Waals surface area contributed by atoms with Gasteiger partial charge in [-0.2, -0.15) is 0 Å². The summed E-state index contributed by atoms with van der Waals surface area (Å²) in [4.78, 5) is 33.0. The van der Waals surface area contributed by atoms with Crippen molar-refractivity contribution < 1.29 is 9.59 Å². The van der Waals surface area contributed by atoms with E-state index in [1.807, 2.05) is 36.6 Å². The number of carbonyl (C=O) groups is 2. The van der Waals surface area contributed by atoms with Gasteiger partial charge in [0.05, 0.1) is 0 Å². The third-order valence-corrected chi connectivity index (χ3v) is 5.97. The van der Waals surface area contributed by atoms with Crippen LogP contribution >= 0.6 is 0 Å². The molecule has 27 heavy (non-hydrogen) atoms. The van der Waals surface area contributed by atoms with Gasteiger partial charge in [0.2, 0.25) is 11.8 Å². The molecule has 1 fully saturated rings. The SMILES string of the molecule is CC(C)(C)C(=O)N1CCC(C(=O)N2CCc3[nH]c4ccccc4c3C2)CC1. The molecule has 4 rings (SSSR count). The number of aromatic nitrogens is 1. The number of piperidine rings is 1. The van der Waals surface area contributed by atoms with Gasteiger partial charge in [0.25, 0.3) is 0 Å². The van der Waals surface area contributed by atoms with Crippen LogP contribution in [0.25, 0.3) is 10.9 Å². The van der Waals surface area contributed by atoms with Crippen molar-refractivity contribution in [2.45, 2.75) is 46.6 Å². The minimum atomic E-state index is -0.352. The van der Waals surface area contributed by atoms with Gasteiger partial charge in [-0.25, -0.2) is 0 Å². The number of benzene rings is 1. The maximum absolute atomic E-state index is 13.1. The summed E-state index contributed by atoms with van der Waals surface area (Å²) in [5.41, 5.74) is 3.34. The van der Waals surface area contributed by atoms with Gasteiger partial charge < -0.3 is 14.8 Å². The lowest BCUT2D eigenvalue weighted by molar-refractivity contribution is -0.145. The first-order valence-corrected chi connectivity index (χ1v) is 10.0. The lowest BCUT2D eigenvalue weighted by Crippen LogP contribution is -2.48. The van der Waals surface area contributed by atoms with Gasteiger partial charge in [0.15, 0.2) is 0 Å². The molecule has 1 N–H and O–H groups in total. The Balaban J connectivity index is 1.42. The van der Waals surface area contributed by atoms with E-state index in [2.05, 4.69) is 23.2 Å². The van der Waals surface area contributed by atoms with Gasteiger partial charge in [-0.05, 0) is 18.9 Å². The number of hydrogen-bond acceptors (Lipinski definition) is 2. The molecule has 0 atom stereocenters. The quantitative estimate of drug-likeness (QED) is 0.840. The highest BCUT2D eigenvalue weighted by Crippen LogP contribution is 2.30. The van der Waals surface area contributed by atoms with Crippen molar-refractivity contribution in [3.05, 3.63) is 35.5 Å². The number of H-pyrrole nitrogens is 1. The molecule has 5 nitrogen and oxygen atoms in total. The lowest BCUT2D eigenvalue weighted by Gasteiger charge is -2.37. The smallest absolute Gasteiger partial charge is 0.227 e. The van der Waals surface area contributed by atoms with Gasteiger partial charge in [-0.3, -0.25) is 9.59 Å². The van der Waals surface area contributed by atoms with Crippen LogP contribution in [0.4, 0.5) is 0 Å². The highest BCUT2D eigenvalue weighted by atomic mass is 16.2. The predicted molar refractivity (Wildman–Crippen MR) is 106 cm³/mol. The van der Waals surface area contributed by atoms with E-state index in [0.717, 1.165) is 31.3 Å². The lowest BCUT2D eigenvalue weighted by atomic mass is 9.90. The van der Waals surface area contributed by atoms with E-state index in [9.17, 15) is 9.59 Å². The van der Waals surface area contributed by atoms with Crippen LogP contribution in [-0.4, -0.2) is 46.2 Å². The number of para-hydroxylation sites is 1. The summed E-state index contributed by atoms with van der Waals surface area (Å²) in [5, 5.41) is 1.23. The van der Waals surface area contributed by atoms with E-state index in [0.29, 0.717) is 19.6 Å². The number of nitrogens with one attached hydrogen (secondary N) is 1. The normalized spacial score (nSPS) is 18.6. The van der Waals surface area contributed by atoms with Crippen molar-refractivity contribution in [2.24, 2.45) is 11.3 Å². The predicted octanol–water partition coefficient (Wildman–Crippen LogP) is 3.34. The number of rotatable bonds is 1. The Morgan fingerprint density at radius 1 is 1.04 bits per heavy atom. The number of likely N-dealkylation sites (tertiary alicyclic amines) is 1. The molecule has 2 amide bonds. The molecule has 144 valence electrons. The summed E-state index contributed by atoms with van der Waals surface area (Å²) in [7, 11) is 0. The molecular weight excluding hydrogens is 338 g/mol. The Hall–Kier alpha value is -2.30. The van der Waals surface area contributed by atoms with Crippen LogP contribution in [-0.2, 0) is 22.6 Å². The highest BCUT2D eigenvalue weighted by molar-refractivity contribution is 5.86. The average Bonchev–Trinajstić information content (AvgIpc) is 3.04. The summed E-state index contributed by atoms with van der Waals surface area (Å²) >= 11 is 0. The fourth-order valence-corrected chi connectivity index (χ4v) is 4.42. The molecule has 0 spiro atoms. The van der Waals surface area contributed by atoms with Gasteiger partial charge in [0, 0.05) is 66.1 Å². The molecule has 0 aliphatic carbocycles. The van der Waals surface area contributed by atoms with Crippen LogP contribution in [0.1, 0.15) is 44.9 Å². The molecule has 2 aliphatic rings. The van der Waals surface area contributed by atoms with Crippen molar-refractivity contribution >= 4 is 22.7 Å². The second kappa shape index (κ2) is 6.70. The average molecular weight is 367 g/mol. The number of carbonyl (C=O) groups excluding carboxylic acids is 2. The summed E-state index contributed by atoms with van der Waals surface area (Å²) in [6.45, 7) is 8.73. The Bertz CT molecular complexity index is 869. The number of fused-ring (bicyclic) bond motifs is 3. The maximum atomic E-state index is 13.1. The molecule has 0 unspecified atom stereocenters. The molecule has 0 radical (unpaired) electrons. The monoisotopic (exact) mass is 367 g/mol. The Labute approximate surface area is 160 Å². The highest BCUT2D eigenvalue weighted by Gasteiger charge is 2.35. The van der Waals surface area contributed by atoms with E-state index in [-0.39, 0.29) is 23.1 Å². The van der Waals surface area contributed by atoms with Crippen molar-refractivity contribution in [3.8, 4) is 0 Å². The summed E-state index contributed by atoms with van der Waals surface area (Å²) < 4.78 is 0. The zero-order chi connectivity index (χ0) is 19.2. The number of aromatic amines is 1. The minimum absolute atomic E-state index is 0.0424. The maximum Gasteiger partial charge on any atom is 0.227 e. The van der Waals surface area contributed by atoms with E-state index in [1.165, 1.54) is 16.6 Å². The standard InChI is InChI=1S/C22H29N3O2/c1-22(2,3)21(27)24-11-8-15(9-12-24)20(26)25-13-10-19-17(14-25)16-6-4-5-7-18(16)23-19/h4-7,15,23H,8-14H2,1-3H3. The summed E-state index contributed by atoms with van der Waals surface area (Å²) in [5.74, 6) is 0.490. The fourth-order valence-electron chi connectivity index (χ4n) is 4.42. The first-order valence-electron chi connectivity index (χ1n) is 10.0. The zero-order valence-corrected chi connectivity index (χ0v) is 16.5. The van der Waals surface area contributed by atoms with Crippen molar-refractivity contribution in [1.82, 2.24) is 14.8 Å². The molecule has 0 bridgehead atoms. The van der Waals surface area contributed by atoms with E-state index < -0.39 is 0 Å². The van der Waals surface area contributed by atoms with Gasteiger partial charge >= 0.3 is 0 Å². The third kappa shape index (κ3) is 3.35. The van der Waals surface area contributed by atoms with Gasteiger partial charge in [0.1, 0.15) is 0 Å². The molecular formula is C22H29N3O2. The van der Waals surface area contributed by atoms with Crippen LogP contribution in [0.3, 0.4) is 0 Å². The summed E-state index contributed by atoms with van der Waals surface area (Å²) in [6.07, 6.45) is 2.44. The van der Waals surface area contributed by atoms with Crippen LogP contribution < -0.4 is 0 Å². The molecule has 3 heterocycles. The number of nitrogens with zero attached hydrogens (tertiary/aromatic N) is 2. The topological polar surface area (TPSA) is 56.4 Å². The van der Waals surface area contributed by atoms with Gasteiger partial charge in [-0.1, -0.05) is 39.0 Å². The first-order chi connectivity index (χ1) is 12.8. The first kappa shape index (κ1) is 18.1. The van der Waals surface area contributed by atoms with E-state index in [4.69, 9.17) is 0 Å². The van der Waals surface area contributed by atoms with E-state index in [1.54, 1.807) is 0 Å². The number of hydrogen-bond donors (Lipinski definition) is 1. The van der Waals surface area contributed by atoms with Gasteiger partial charge in [-0.15, -0.1) is 0 Å². The fraction of sp³-hybridized carbons (Fsp3) is 0.545. The van der Waals surface area contributed by atoms with Crippen molar-refractivity contribution in [3.63, 3.8) is 0 Å². The molecule has 1 aromatic carbocycles. The van der Waals surface area contributed by atoms with E-state index >= 15 is 0 Å². The molecule has 0 saturated carbocycles. The Morgan fingerprint density at radius 2 is 1.74 bits per heavy atom. The molecule has 2 aliphatic heterocycles. The largest absolute Gasteiger partial charge is 0.358 e. The second-order valence-corrected chi connectivity index (χ2v) is 8.95. The van der Waals surface area contributed by atoms with Crippen LogP contribution in [0, 0.1) is 11.3 Å². The number of amides is 2. The Kier molecular flexibility index (Phi) is 4.49. The van der Waals surface area contributed by atoms with Crippen molar-refractivity contribution in [1.29, 1.82) is 0 Å². The van der Waals surface area contributed by atoms with Crippen LogP contribution in [0.2, 0.25) is 0 Å². The molecule has 2 aromatic rings. The molecule has 1 saturated heterocycles. The minimum Gasteiger partial charge on any atom is -0.358 e. The second-order valence-electron chi connectivity index (χ2n) is 8.95. The molecule has 1 aromatic heterocycles. The summed E-state index contributed by atoms with van der Waals surface area (Å²) in [6, 6.07) is 8.33. The van der Waals surface area contributed by atoms with Crippen molar-refractivity contribution in [2.75, 3.05) is 19.6 Å². The Morgan fingerprint density at radius 3 is 2.44 bits per heavy atom. The van der Waals surface area contributed by atoms with Crippen LogP contribution in [0.15, 0.2) is 24.3 Å².